The third-order valence-corrected chi connectivity index (χ3v) is 0. The van der Waals surface area contributed by atoms with E-state index in [4.69, 9.17) is 0 Å². The molecule has 0 aliphatic heterocycles. The molecule has 0 aliphatic carbocycles. The molecular formula is H7AgSSbSe. The zero-order chi connectivity index (χ0) is 0. The van der Waals surface area contributed by atoms with Crippen LogP contribution in [0.1, 0.15) is 0 Å². The van der Waals surface area contributed by atoms with Crippen LogP contribution in [-0.2, 0) is 22.4 Å². The van der Waals surface area contributed by atoms with Gasteiger partial charge in [-0.3, -0.25) is 0 Å². The first-order valence-corrected chi connectivity index (χ1v) is 0. The number of hydrogen-bond donors (Lipinski definition) is 0. The van der Waals surface area contributed by atoms with Gasteiger partial charge in [0.15, 0.2) is 0 Å². The fourth-order valence-corrected chi connectivity index (χ4v) is 0. The van der Waals surface area contributed by atoms with Crippen LogP contribution in [-0.4, -0.2) is 41.5 Å². The summed E-state index contributed by atoms with van der Waals surface area (Å²) in [5, 5.41) is 0. The summed E-state index contributed by atoms with van der Waals surface area (Å²) in [7, 11) is 0. The molecule has 0 aromatic rings. The van der Waals surface area contributed by atoms with E-state index in [2.05, 4.69) is 0 Å². The molecule has 0 aromatic heterocycles. The minimum atomic E-state index is 0. The molecular weight excluding hydrogens is 341 g/mol. The number of rotatable bonds is 0. The molecule has 35 valence electrons. The van der Waals surface area contributed by atoms with Gasteiger partial charge in [0.1, 0.15) is 0 Å². The zero-order valence-corrected chi connectivity index (χ0v) is 10.6. The molecule has 0 heterocycles. The molecule has 0 spiro atoms. The van der Waals surface area contributed by atoms with Gasteiger partial charge < -0.3 is 0 Å². The van der Waals surface area contributed by atoms with Crippen molar-refractivity contribution in [2.24, 2.45) is 0 Å². The molecule has 1 radical (unpaired) electrons. The summed E-state index contributed by atoms with van der Waals surface area (Å²) in [6, 6.07) is 0. The van der Waals surface area contributed by atoms with Gasteiger partial charge in [0, 0.05) is 22.4 Å². The monoisotopic (exact) mass is 347 g/mol. The second-order valence-electron chi connectivity index (χ2n) is 0. The van der Waals surface area contributed by atoms with Crippen molar-refractivity contribution in [3.63, 3.8) is 0 Å². The van der Waals surface area contributed by atoms with Gasteiger partial charge in [-0.25, -0.2) is 0 Å². The van der Waals surface area contributed by atoms with E-state index in [9.17, 15) is 0 Å². The van der Waals surface area contributed by atoms with E-state index in [0.29, 0.717) is 0 Å². The third-order valence-electron chi connectivity index (χ3n) is 0. The summed E-state index contributed by atoms with van der Waals surface area (Å²) >= 11 is 0. The van der Waals surface area contributed by atoms with Crippen molar-refractivity contribution in [2.75, 3.05) is 0 Å². The normalized spacial score (nSPS) is 0. The van der Waals surface area contributed by atoms with Gasteiger partial charge in [-0.15, -0.1) is 0 Å². The summed E-state index contributed by atoms with van der Waals surface area (Å²) in [5.41, 5.74) is 0. The molecule has 0 atom stereocenters. The topological polar surface area (TPSA) is 0 Å². The maximum absolute atomic E-state index is 0. The van der Waals surface area contributed by atoms with Crippen LogP contribution >= 0.6 is 13.5 Å². The van der Waals surface area contributed by atoms with Crippen molar-refractivity contribution in [2.45, 2.75) is 0 Å². The summed E-state index contributed by atoms with van der Waals surface area (Å²) in [4.78, 5) is 0. The van der Waals surface area contributed by atoms with E-state index in [-0.39, 0.29) is 77.4 Å². The van der Waals surface area contributed by atoms with Crippen LogP contribution in [0.15, 0.2) is 0 Å². The molecule has 0 nitrogen and oxygen atoms in total. The van der Waals surface area contributed by atoms with Crippen molar-refractivity contribution in [3.8, 4) is 0 Å². The van der Waals surface area contributed by atoms with Gasteiger partial charge >= 0.3 is 41.5 Å². The molecule has 0 saturated carbocycles. The molecule has 0 rings (SSSR count). The average molecular weight is 348 g/mol. The summed E-state index contributed by atoms with van der Waals surface area (Å²) < 4.78 is 0. The molecule has 0 fully saturated rings. The molecule has 4 heteroatoms. The van der Waals surface area contributed by atoms with Crippen LogP contribution < -0.4 is 0 Å². The van der Waals surface area contributed by atoms with E-state index >= 15 is 0 Å². The molecule has 0 aliphatic rings. The van der Waals surface area contributed by atoms with E-state index < -0.39 is 0 Å². The predicted molar refractivity (Wildman–Crippen MR) is 28.9 cm³/mol. The van der Waals surface area contributed by atoms with Crippen LogP contribution in [0.5, 0.6) is 0 Å². The van der Waals surface area contributed by atoms with Gasteiger partial charge in [-0.05, 0) is 0 Å². The first-order valence-electron chi connectivity index (χ1n) is 0. The van der Waals surface area contributed by atoms with Crippen LogP contribution in [0.4, 0.5) is 0 Å². The van der Waals surface area contributed by atoms with Crippen LogP contribution in [0.3, 0.4) is 0 Å². The van der Waals surface area contributed by atoms with E-state index in [1.54, 1.807) is 0 Å². The molecule has 0 aromatic carbocycles. The Morgan fingerprint density at radius 1 is 1.00 bits per heavy atom. The van der Waals surface area contributed by atoms with E-state index in [1.807, 2.05) is 0 Å². The van der Waals surface area contributed by atoms with Crippen LogP contribution in [0, 0.1) is 0 Å². The minimum absolute atomic E-state index is 0. The summed E-state index contributed by atoms with van der Waals surface area (Å²) in [5.74, 6) is 0. The Labute approximate surface area is 76.4 Å². The Morgan fingerprint density at radius 2 is 1.00 bits per heavy atom. The SMILES string of the molecule is S.[Ag].[SbH3].[SeH2]. The van der Waals surface area contributed by atoms with Gasteiger partial charge in [-0.1, -0.05) is 0 Å². The Hall–Kier alpha value is 2.43. The Bertz CT molecular complexity index is 8.00. The van der Waals surface area contributed by atoms with Crippen molar-refractivity contribution in [3.05, 3.63) is 0 Å². The van der Waals surface area contributed by atoms with Crippen molar-refractivity contribution < 1.29 is 22.4 Å². The molecule has 0 amide bonds. The fourth-order valence-electron chi connectivity index (χ4n) is 0. The molecule has 0 unspecified atom stereocenters. The van der Waals surface area contributed by atoms with Gasteiger partial charge in [0.05, 0.1) is 0 Å². The van der Waals surface area contributed by atoms with Crippen LogP contribution in [0.25, 0.3) is 0 Å². The Morgan fingerprint density at radius 3 is 1.00 bits per heavy atom. The van der Waals surface area contributed by atoms with Crippen molar-refractivity contribution in [1.82, 2.24) is 0 Å². The number of hydrogen-bond acceptors (Lipinski definition) is 0. The van der Waals surface area contributed by atoms with Crippen molar-refractivity contribution >= 4 is 55.0 Å². The van der Waals surface area contributed by atoms with Gasteiger partial charge in [0.2, 0.25) is 0 Å². The van der Waals surface area contributed by atoms with Gasteiger partial charge in [-0.2, -0.15) is 13.5 Å². The second-order valence-corrected chi connectivity index (χ2v) is 0. The Balaban J connectivity index is 0. The van der Waals surface area contributed by atoms with E-state index in [0.717, 1.165) is 0 Å². The fraction of sp³-hybridized carbons (Fsp3) is 0. The third kappa shape index (κ3) is 8.83. The second kappa shape index (κ2) is 18.1. The maximum atomic E-state index is 0. The quantitative estimate of drug-likeness (QED) is 0.445. The average Bonchev–Trinajstić information content (AvgIpc) is 0. The molecule has 0 bridgehead atoms. The molecule has 0 N–H and O–H groups in total. The van der Waals surface area contributed by atoms with Gasteiger partial charge in [0.25, 0.3) is 0 Å². The zero-order valence-electron chi connectivity index (χ0n) is 2.01. The van der Waals surface area contributed by atoms with Crippen LogP contribution in [0.2, 0.25) is 0 Å². The van der Waals surface area contributed by atoms with E-state index in [1.165, 1.54) is 0 Å². The van der Waals surface area contributed by atoms with Crippen molar-refractivity contribution in [1.29, 1.82) is 0 Å². The standard InChI is InChI=1S/Ag.H2S.Sb.H2Se.3H/h;1H2;;1H2;;;. The first-order chi connectivity index (χ1) is 0. The predicted octanol–water partition coefficient (Wildman–Crippen LogP) is -1.99. The Kier molecular flexibility index (Phi) is 145. The molecule has 0 saturated heterocycles. The first kappa shape index (κ1) is 32.1. The molecule has 4 heavy (non-hydrogen) atoms. The summed E-state index contributed by atoms with van der Waals surface area (Å²) in [6.45, 7) is 0. The summed E-state index contributed by atoms with van der Waals surface area (Å²) in [6.07, 6.45) is 0.